The molecule has 2 heterocycles. The minimum atomic E-state index is -1.82. The minimum absolute atomic E-state index is 0.0135. The van der Waals surface area contributed by atoms with Crippen LogP contribution < -0.4 is 28.6 Å². The van der Waals surface area contributed by atoms with Crippen LogP contribution in [0.2, 0.25) is 0 Å². The molecule has 0 aromatic heterocycles. The Morgan fingerprint density at radius 2 is 1.63 bits per heavy atom. The number of likely N-dealkylation sites (N-methyl/N-ethyl adjacent to an activating group) is 2. The van der Waals surface area contributed by atoms with E-state index in [4.69, 9.17) is 43.5 Å². The van der Waals surface area contributed by atoms with E-state index in [2.05, 4.69) is 4.90 Å². The molecule has 1 atom stereocenters. The number of anilines is 1. The summed E-state index contributed by atoms with van der Waals surface area (Å²) in [5, 5.41) is 14.4. The number of ether oxygens (including phenoxy) is 5. The van der Waals surface area contributed by atoms with Gasteiger partial charge in [0.05, 0.1) is 12.8 Å². The zero-order valence-electron chi connectivity index (χ0n) is 23.8. The Morgan fingerprint density at radius 3 is 2.35 bits per heavy atom. The third-order valence-corrected chi connectivity index (χ3v) is 7.82. The summed E-state index contributed by atoms with van der Waals surface area (Å²) >= 11 is 1.54. The van der Waals surface area contributed by atoms with Crippen LogP contribution in [0.4, 0.5) is 5.69 Å². The Morgan fingerprint density at radius 1 is 0.953 bits per heavy atom. The van der Waals surface area contributed by atoms with Crippen LogP contribution in [-0.2, 0) is 14.4 Å². The highest BCUT2D eigenvalue weighted by Crippen LogP contribution is 2.48. The predicted octanol–water partition coefficient (Wildman–Crippen LogP) is 3.78. The number of carboxylic acids is 2. The predicted molar refractivity (Wildman–Crippen MR) is 158 cm³/mol. The van der Waals surface area contributed by atoms with Crippen LogP contribution in [0.15, 0.2) is 65.6 Å². The van der Waals surface area contributed by atoms with Gasteiger partial charge in [-0.1, -0.05) is 12.1 Å². The molecule has 13 heteroatoms. The number of para-hydroxylation sites is 1. The number of carbonyl (C=O) groups excluding carboxylic acids is 1. The lowest BCUT2D eigenvalue weighted by Crippen LogP contribution is -2.34. The van der Waals surface area contributed by atoms with Gasteiger partial charge in [0.2, 0.25) is 12.7 Å². The Bertz CT molecular complexity index is 1450. The molecule has 12 nitrogen and oxygen atoms in total. The molecule has 0 spiro atoms. The third-order valence-electron chi connectivity index (χ3n) is 6.53. The molecule has 0 fully saturated rings. The standard InChI is InChI=1S/C28H30N2O6S.C2H2O4/c1-29(12-14-33-20-9-11-24-25(17-20)36-18-35-24)13-15-34-23-10-8-19(32-3)16-21(23)27-28(31)30(2)22-6-4-5-7-26(22)37-27;3-1(4)2(5)6/h4-11,16-17,27H,12-15,18H2,1-3H3;(H,3,4)(H,5,6). The van der Waals surface area contributed by atoms with Crippen LogP contribution in [-0.4, -0.2) is 87.3 Å². The van der Waals surface area contributed by atoms with Crippen LogP contribution in [0.3, 0.4) is 0 Å². The van der Waals surface area contributed by atoms with Crippen LogP contribution in [0.5, 0.6) is 28.7 Å². The number of rotatable bonds is 10. The molecule has 3 aromatic carbocycles. The van der Waals surface area contributed by atoms with Gasteiger partial charge in [-0.15, -0.1) is 11.8 Å². The summed E-state index contributed by atoms with van der Waals surface area (Å²) in [5.41, 5.74) is 1.73. The molecule has 0 aliphatic carbocycles. The van der Waals surface area contributed by atoms with E-state index in [0.717, 1.165) is 34.2 Å². The number of nitrogens with zero attached hydrogens (tertiary/aromatic N) is 2. The first-order chi connectivity index (χ1) is 20.7. The first-order valence-electron chi connectivity index (χ1n) is 13.2. The van der Waals surface area contributed by atoms with Crippen molar-refractivity contribution in [2.24, 2.45) is 0 Å². The largest absolute Gasteiger partial charge is 0.497 e. The molecule has 2 aliphatic heterocycles. The van der Waals surface area contributed by atoms with E-state index in [1.165, 1.54) is 0 Å². The van der Waals surface area contributed by atoms with Crippen molar-refractivity contribution in [3.8, 4) is 28.7 Å². The van der Waals surface area contributed by atoms with Gasteiger partial charge in [0.15, 0.2) is 11.5 Å². The number of methoxy groups -OCH3 is 1. The fraction of sp³-hybridized carbons (Fsp3) is 0.300. The number of carboxylic acid groups (broad SMARTS) is 2. The van der Waals surface area contributed by atoms with Crippen molar-refractivity contribution >= 4 is 35.3 Å². The Kier molecular flexibility index (Phi) is 10.6. The van der Waals surface area contributed by atoms with Gasteiger partial charge in [-0.05, 0) is 49.5 Å². The van der Waals surface area contributed by atoms with E-state index >= 15 is 0 Å². The topological polar surface area (TPSA) is 144 Å². The van der Waals surface area contributed by atoms with Gasteiger partial charge in [-0.3, -0.25) is 9.69 Å². The van der Waals surface area contributed by atoms with Gasteiger partial charge in [-0.2, -0.15) is 0 Å². The smallest absolute Gasteiger partial charge is 0.414 e. The van der Waals surface area contributed by atoms with Crippen LogP contribution >= 0.6 is 11.8 Å². The van der Waals surface area contributed by atoms with Crippen molar-refractivity contribution < 1.29 is 48.3 Å². The second-order valence-corrected chi connectivity index (χ2v) is 10.5. The number of hydrogen-bond donors (Lipinski definition) is 2. The van der Waals surface area contributed by atoms with Crippen molar-refractivity contribution in [2.45, 2.75) is 10.1 Å². The Balaban J connectivity index is 0.000000641. The van der Waals surface area contributed by atoms with Crippen molar-refractivity contribution in [1.82, 2.24) is 4.90 Å². The highest BCUT2D eigenvalue weighted by atomic mass is 32.2. The second-order valence-electron chi connectivity index (χ2n) is 9.39. The lowest BCUT2D eigenvalue weighted by atomic mass is 10.1. The maximum atomic E-state index is 13.3. The quantitative estimate of drug-likeness (QED) is 0.322. The minimum Gasteiger partial charge on any atom is -0.497 e. The van der Waals surface area contributed by atoms with Gasteiger partial charge in [0, 0.05) is 36.7 Å². The van der Waals surface area contributed by atoms with E-state index in [1.807, 2.05) is 74.8 Å². The summed E-state index contributed by atoms with van der Waals surface area (Å²) in [5.74, 6) is -0.0652. The number of aliphatic carboxylic acids is 2. The fourth-order valence-corrected chi connectivity index (χ4v) is 5.51. The molecule has 43 heavy (non-hydrogen) atoms. The van der Waals surface area contributed by atoms with Gasteiger partial charge in [0.25, 0.3) is 0 Å². The van der Waals surface area contributed by atoms with E-state index in [-0.39, 0.29) is 12.7 Å². The van der Waals surface area contributed by atoms with Crippen molar-refractivity contribution in [3.63, 3.8) is 0 Å². The molecular weight excluding hydrogens is 580 g/mol. The molecule has 1 amide bonds. The fourth-order valence-electron chi connectivity index (χ4n) is 4.20. The highest BCUT2D eigenvalue weighted by Gasteiger charge is 2.34. The van der Waals surface area contributed by atoms with Gasteiger partial charge in [-0.25, -0.2) is 9.59 Å². The van der Waals surface area contributed by atoms with E-state index in [9.17, 15) is 4.79 Å². The normalized spacial score (nSPS) is 14.8. The number of carbonyl (C=O) groups is 3. The molecule has 2 N–H and O–H groups in total. The number of hydrogen-bond acceptors (Lipinski definition) is 10. The monoisotopic (exact) mass is 612 g/mol. The summed E-state index contributed by atoms with van der Waals surface area (Å²) < 4.78 is 28.2. The SMILES string of the molecule is COc1ccc(OCCN(C)CCOc2ccc3c(c2)OCO3)c(C2Sc3ccccc3N(C)C2=O)c1.O=C(O)C(=O)O. The number of amides is 1. The van der Waals surface area contributed by atoms with Gasteiger partial charge < -0.3 is 38.8 Å². The first kappa shape index (κ1) is 31.3. The highest BCUT2D eigenvalue weighted by molar-refractivity contribution is 8.00. The lowest BCUT2D eigenvalue weighted by Gasteiger charge is -2.32. The van der Waals surface area contributed by atoms with Gasteiger partial charge >= 0.3 is 11.9 Å². The number of thioether (sulfide) groups is 1. The molecule has 0 radical (unpaired) electrons. The molecule has 1 unspecified atom stereocenters. The molecule has 2 aliphatic rings. The molecule has 0 bridgehead atoms. The molecular formula is C30H32N2O10S. The zero-order valence-corrected chi connectivity index (χ0v) is 24.7. The average molecular weight is 613 g/mol. The summed E-state index contributed by atoms with van der Waals surface area (Å²) in [6, 6.07) is 19.1. The molecule has 0 saturated carbocycles. The van der Waals surface area contributed by atoms with Gasteiger partial charge in [0.1, 0.15) is 35.7 Å². The third kappa shape index (κ3) is 8.02. The lowest BCUT2D eigenvalue weighted by molar-refractivity contribution is -0.159. The molecule has 0 saturated heterocycles. The van der Waals surface area contributed by atoms with Crippen molar-refractivity contribution in [1.29, 1.82) is 0 Å². The second kappa shape index (κ2) is 14.5. The zero-order chi connectivity index (χ0) is 30.9. The maximum Gasteiger partial charge on any atom is 0.414 e. The van der Waals surface area contributed by atoms with Crippen molar-refractivity contribution in [2.75, 3.05) is 59.2 Å². The summed E-state index contributed by atoms with van der Waals surface area (Å²) in [4.78, 5) is 36.4. The number of fused-ring (bicyclic) bond motifs is 2. The van der Waals surface area contributed by atoms with Crippen LogP contribution in [0.25, 0.3) is 0 Å². The Labute approximate surface area is 252 Å². The van der Waals surface area contributed by atoms with Crippen LogP contribution in [0, 0.1) is 0 Å². The molecule has 228 valence electrons. The maximum absolute atomic E-state index is 13.3. The van der Waals surface area contributed by atoms with Crippen LogP contribution in [0.1, 0.15) is 10.8 Å². The molecule has 5 rings (SSSR count). The van der Waals surface area contributed by atoms with E-state index < -0.39 is 17.2 Å². The summed E-state index contributed by atoms with van der Waals surface area (Å²) in [7, 11) is 5.46. The first-order valence-corrected chi connectivity index (χ1v) is 14.1. The summed E-state index contributed by atoms with van der Waals surface area (Å²) in [6.07, 6.45) is 0. The number of benzene rings is 3. The van der Waals surface area contributed by atoms with E-state index in [1.54, 1.807) is 23.8 Å². The Hall–Kier alpha value is -4.62. The van der Waals surface area contributed by atoms with Crippen molar-refractivity contribution in [3.05, 3.63) is 66.2 Å². The van der Waals surface area contributed by atoms with E-state index in [0.29, 0.717) is 37.0 Å². The average Bonchev–Trinajstić information content (AvgIpc) is 3.47. The summed E-state index contributed by atoms with van der Waals surface area (Å²) in [6.45, 7) is 2.67. The molecule has 3 aromatic rings.